The van der Waals surface area contributed by atoms with Gasteiger partial charge in [0.15, 0.2) is 0 Å². The van der Waals surface area contributed by atoms with E-state index in [0.29, 0.717) is 38.2 Å². The van der Waals surface area contributed by atoms with E-state index < -0.39 is 17.4 Å². The average molecular weight is 451 g/mol. The molecule has 0 radical (unpaired) electrons. The van der Waals surface area contributed by atoms with Crippen molar-refractivity contribution >= 4 is 17.7 Å². The summed E-state index contributed by atoms with van der Waals surface area (Å²) in [6, 6.07) is 0. The summed E-state index contributed by atoms with van der Waals surface area (Å²) >= 11 is 0. The van der Waals surface area contributed by atoms with Crippen LogP contribution >= 0.6 is 0 Å². The van der Waals surface area contributed by atoms with E-state index in [0.717, 1.165) is 32.1 Å². The Morgan fingerprint density at radius 2 is 1.56 bits per heavy atom. The van der Waals surface area contributed by atoms with E-state index in [1.54, 1.807) is 0 Å². The van der Waals surface area contributed by atoms with Crippen molar-refractivity contribution in [1.82, 2.24) is 0 Å². The van der Waals surface area contributed by atoms with Gasteiger partial charge in [-0.3, -0.25) is 14.4 Å². The Morgan fingerprint density at radius 3 is 2.25 bits per heavy atom. The van der Waals surface area contributed by atoms with Crippen LogP contribution in [-0.2, 0) is 23.9 Å². The van der Waals surface area contributed by atoms with Crippen molar-refractivity contribution in [3.8, 4) is 0 Å². The molecule has 2 fully saturated rings. The highest BCUT2D eigenvalue weighted by molar-refractivity contribution is 5.83. The zero-order chi connectivity index (χ0) is 23.6. The minimum absolute atomic E-state index is 0.178. The SMILES string of the molecule is CCCCCCCCCOC(=O)[C@@H]1C[C@H]2CC(=O)CC[C@H]2CCCC1C(=O)OC(C)(C)C. The first-order valence-electron chi connectivity index (χ1n) is 13.1. The number of hydrogen-bond donors (Lipinski definition) is 0. The van der Waals surface area contributed by atoms with Gasteiger partial charge in [0, 0.05) is 12.8 Å². The fraction of sp³-hybridized carbons (Fsp3) is 0.889. The summed E-state index contributed by atoms with van der Waals surface area (Å²) in [6.45, 7) is 8.20. The third-order valence-electron chi connectivity index (χ3n) is 7.09. The van der Waals surface area contributed by atoms with Crippen LogP contribution in [0.15, 0.2) is 0 Å². The molecule has 0 saturated heterocycles. The smallest absolute Gasteiger partial charge is 0.310 e. The summed E-state index contributed by atoms with van der Waals surface area (Å²) in [4.78, 5) is 38.3. The lowest BCUT2D eigenvalue weighted by atomic mass is 9.67. The number of unbranched alkanes of at least 4 members (excludes halogenated alkanes) is 6. The maximum Gasteiger partial charge on any atom is 0.310 e. The highest BCUT2D eigenvalue weighted by atomic mass is 16.6. The molecule has 5 nitrogen and oxygen atoms in total. The Hall–Kier alpha value is -1.39. The van der Waals surface area contributed by atoms with Crippen molar-refractivity contribution in [3.63, 3.8) is 0 Å². The van der Waals surface area contributed by atoms with Crippen molar-refractivity contribution in [2.24, 2.45) is 23.7 Å². The van der Waals surface area contributed by atoms with Crippen LogP contribution in [0.2, 0.25) is 0 Å². The van der Waals surface area contributed by atoms with Gasteiger partial charge in [0.1, 0.15) is 11.4 Å². The number of ketones is 1. The van der Waals surface area contributed by atoms with Crippen LogP contribution in [-0.4, -0.2) is 29.9 Å². The Balaban J connectivity index is 1.98. The quantitative estimate of drug-likeness (QED) is 0.284. The van der Waals surface area contributed by atoms with E-state index >= 15 is 0 Å². The van der Waals surface area contributed by atoms with E-state index in [-0.39, 0.29) is 23.6 Å². The molecule has 0 aromatic heterocycles. The van der Waals surface area contributed by atoms with Gasteiger partial charge in [0.25, 0.3) is 0 Å². The van der Waals surface area contributed by atoms with E-state index in [1.807, 2.05) is 20.8 Å². The van der Waals surface area contributed by atoms with Crippen LogP contribution in [0.5, 0.6) is 0 Å². The van der Waals surface area contributed by atoms with Gasteiger partial charge in [-0.25, -0.2) is 0 Å². The number of rotatable bonds is 10. The highest BCUT2D eigenvalue weighted by Crippen LogP contribution is 2.42. The molecule has 184 valence electrons. The van der Waals surface area contributed by atoms with Crippen molar-refractivity contribution in [3.05, 3.63) is 0 Å². The molecule has 4 atom stereocenters. The number of fused-ring (bicyclic) bond motifs is 1. The average Bonchev–Trinajstić information content (AvgIpc) is 2.69. The lowest BCUT2D eigenvalue weighted by Crippen LogP contribution is -2.40. The molecule has 2 saturated carbocycles. The Kier molecular flexibility index (Phi) is 11.2. The van der Waals surface area contributed by atoms with E-state index in [1.165, 1.54) is 32.1 Å². The molecule has 2 aliphatic carbocycles. The lowest BCUT2D eigenvalue weighted by Gasteiger charge is -2.38. The number of carbonyl (C=O) groups is 3. The molecule has 0 heterocycles. The van der Waals surface area contributed by atoms with Gasteiger partial charge < -0.3 is 9.47 Å². The maximum atomic E-state index is 13.2. The molecular formula is C27H46O5. The molecule has 2 rings (SSSR count). The largest absolute Gasteiger partial charge is 0.465 e. The summed E-state index contributed by atoms with van der Waals surface area (Å²) in [6.07, 6.45) is 13.4. The molecular weight excluding hydrogens is 404 g/mol. The van der Waals surface area contributed by atoms with Crippen molar-refractivity contribution in [2.45, 2.75) is 123 Å². The first-order valence-corrected chi connectivity index (χ1v) is 13.1. The van der Waals surface area contributed by atoms with Gasteiger partial charge in [-0.2, -0.15) is 0 Å². The third-order valence-corrected chi connectivity index (χ3v) is 7.09. The fourth-order valence-electron chi connectivity index (χ4n) is 5.35. The van der Waals surface area contributed by atoms with Gasteiger partial charge in [0.2, 0.25) is 0 Å². The summed E-state index contributed by atoms with van der Waals surface area (Å²) < 4.78 is 11.4. The molecule has 0 aromatic carbocycles. The van der Waals surface area contributed by atoms with Crippen LogP contribution in [0.4, 0.5) is 0 Å². The second-order valence-corrected chi connectivity index (χ2v) is 11.0. The van der Waals surface area contributed by atoms with Gasteiger partial charge in [-0.05, 0) is 58.3 Å². The fourth-order valence-corrected chi connectivity index (χ4v) is 5.35. The molecule has 1 unspecified atom stereocenters. The zero-order valence-corrected chi connectivity index (χ0v) is 21.0. The number of ether oxygens (including phenoxy) is 2. The molecule has 0 aromatic rings. The Morgan fingerprint density at radius 1 is 0.875 bits per heavy atom. The first-order chi connectivity index (χ1) is 15.2. The topological polar surface area (TPSA) is 69.7 Å². The molecule has 0 bridgehead atoms. The standard InChI is InChI=1S/C27H46O5/c1-5-6-7-8-9-10-11-17-31-25(29)24-19-21-18-22(28)16-15-20(21)13-12-14-23(24)26(30)32-27(2,3)4/h20-21,23-24H,5-19H2,1-4H3/t20-,21-,23?,24-/m1/s1. The minimum atomic E-state index is -0.588. The summed E-state index contributed by atoms with van der Waals surface area (Å²) in [7, 11) is 0. The predicted octanol–water partition coefficient (Wildman–Crippen LogP) is 6.41. The summed E-state index contributed by atoms with van der Waals surface area (Å²) in [5.41, 5.74) is -0.588. The van der Waals surface area contributed by atoms with Crippen LogP contribution in [0.25, 0.3) is 0 Å². The van der Waals surface area contributed by atoms with E-state index in [9.17, 15) is 14.4 Å². The molecule has 0 spiro atoms. The van der Waals surface area contributed by atoms with Crippen molar-refractivity contribution in [1.29, 1.82) is 0 Å². The molecule has 2 aliphatic rings. The predicted molar refractivity (Wildman–Crippen MR) is 126 cm³/mol. The number of carbonyl (C=O) groups excluding carboxylic acids is 3. The van der Waals surface area contributed by atoms with Crippen molar-refractivity contribution < 1.29 is 23.9 Å². The monoisotopic (exact) mass is 450 g/mol. The first kappa shape index (κ1) is 26.9. The van der Waals surface area contributed by atoms with Gasteiger partial charge in [-0.1, -0.05) is 58.3 Å². The van der Waals surface area contributed by atoms with Crippen molar-refractivity contribution in [2.75, 3.05) is 6.61 Å². The lowest BCUT2D eigenvalue weighted by molar-refractivity contribution is -0.170. The second-order valence-electron chi connectivity index (χ2n) is 11.0. The second kappa shape index (κ2) is 13.3. The van der Waals surface area contributed by atoms with Crippen LogP contribution < -0.4 is 0 Å². The number of Topliss-reactive ketones (excluding diaryl/α,β-unsaturated/α-hetero) is 1. The van der Waals surface area contributed by atoms with Gasteiger partial charge in [-0.15, -0.1) is 0 Å². The summed E-state index contributed by atoms with van der Waals surface area (Å²) in [5.74, 6) is -0.609. The van der Waals surface area contributed by atoms with Gasteiger partial charge >= 0.3 is 11.9 Å². The molecule has 5 heteroatoms. The molecule has 0 amide bonds. The van der Waals surface area contributed by atoms with E-state index in [2.05, 4.69) is 6.92 Å². The summed E-state index contributed by atoms with van der Waals surface area (Å²) in [5, 5.41) is 0. The Bertz CT molecular complexity index is 606. The molecule has 0 N–H and O–H groups in total. The van der Waals surface area contributed by atoms with Crippen LogP contribution in [0, 0.1) is 23.7 Å². The molecule has 32 heavy (non-hydrogen) atoms. The number of hydrogen-bond acceptors (Lipinski definition) is 5. The van der Waals surface area contributed by atoms with Gasteiger partial charge in [0.05, 0.1) is 18.4 Å². The number of esters is 2. The normalized spacial score (nSPS) is 26.6. The third kappa shape index (κ3) is 9.23. The zero-order valence-electron chi connectivity index (χ0n) is 21.0. The van der Waals surface area contributed by atoms with Crippen LogP contribution in [0.1, 0.15) is 118 Å². The minimum Gasteiger partial charge on any atom is -0.465 e. The highest BCUT2D eigenvalue weighted by Gasteiger charge is 2.43. The Labute approximate surface area is 195 Å². The van der Waals surface area contributed by atoms with Crippen LogP contribution in [0.3, 0.4) is 0 Å². The molecule has 0 aliphatic heterocycles. The van der Waals surface area contributed by atoms with E-state index in [4.69, 9.17) is 9.47 Å². The maximum absolute atomic E-state index is 13.2.